The summed E-state index contributed by atoms with van der Waals surface area (Å²) >= 11 is 12.0. The van der Waals surface area contributed by atoms with Gasteiger partial charge in [0.25, 0.3) is 0 Å². The molecule has 3 heteroatoms. The molecule has 1 N–H and O–H groups in total. The fourth-order valence-corrected chi connectivity index (χ4v) is 2.93. The molecule has 1 aromatic rings. The molecule has 0 spiro atoms. The van der Waals surface area contributed by atoms with Crippen LogP contribution in [0.1, 0.15) is 31.7 Å². The number of rotatable bonds is 6. The van der Waals surface area contributed by atoms with Gasteiger partial charge in [0.15, 0.2) is 0 Å². The molecule has 1 nitrogen and oxygen atoms in total. The van der Waals surface area contributed by atoms with E-state index in [-0.39, 0.29) is 0 Å². The summed E-state index contributed by atoms with van der Waals surface area (Å²) in [5.41, 5.74) is 1.31. The highest BCUT2D eigenvalue weighted by Gasteiger charge is 2.30. The van der Waals surface area contributed by atoms with Crippen LogP contribution in [-0.2, 0) is 6.42 Å². The van der Waals surface area contributed by atoms with Crippen molar-refractivity contribution in [2.75, 3.05) is 13.1 Å². The van der Waals surface area contributed by atoms with Gasteiger partial charge >= 0.3 is 0 Å². The molecule has 1 fully saturated rings. The lowest BCUT2D eigenvalue weighted by atomic mass is 9.70. The van der Waals surface area contributed by atoms with Crippen LogP contribution in [-0.4, -0.2) is 13.1 Å². The van der Waals surface area contributed by atoms with Crippen molar-refractivity contribution in [2.45, 2.75) is 32.6 Å². The highest BCUT2D eigenvalue weighted by Crippen LogP contribution is 2.37. The minimum absolute atomic E-state index is 0.648. The Kier molecular flexibility index (Phi) is 5.35. The summed E-state index contributed by atoms with van der Waals surface area (Å²) < 4.78 is 0. The predicted octanol–water partition coefficient (Wildman–Crippen LogP) is 4.56. The summed E-state index contributed by atoms with van der Waals surface area (Å²) in [5, 5.41) is 4.85. The van der Waals surface area contributed by atoms with Crippen molar-refractivity contribution < 1.29 is 0 Å². The molecule has 1 aliphatic carbocycles. The Morgan fingerprint density at radius 2 is 1.94 bits per heavy atom. The van der Waals surface area contributed by atoms with E-state index in [2.05, 4.69) is 18.3 Å². The van der Waals surface area contributed by atoms with Crippen LogP contribution in [0.4, 0.5) is 0 Å². The first-order valence-electron chi connectivity index (χ1n) is 6.85. The van der Waals surface area contributed by atoms with Gasteiger partial charge in [0, 0.05) is 0 Å². The van der Waals surface area contributed by atoms with Gasteiger partial charge in [-0.15, -0.1) is 0 Å². The first kappa shape index (κ1) is 14.2. The first-order valence-corrected chi connectivity index (χ1v) is 7.61. The average Bonchev–Trinajstić information content (AvgIpc) is 2.34. The van der Waals surface area contributed by atoms with E-state index >= 15 is 0 Å². The minimum atomic E-state index is 0.648. The molecule has 100 valence electrons. The molecule has 2 unspecified atom stereocenters. The van der Waals surface area contributed by atoms with Gasteiger partial charge in [-0.25, -0.2) is 0 Å². The summed E-state index contributed by atoms with van der Waals surface area (Å²) in [6.07, 6.45) is 5.06. The third-order valence-electron chi connectivity index (χ3n) is 3.89. The molecular weight excluding hydrogens is 265 g/mol. The van der Waals surface area contributed by atoms with Crippen molar-refractivity contribution >= 4 is 23.2 Å². The van der Waals surface area contributed by atoms with Crippen molar-refractivity contribution in [1.82, 2.24) is 5.32 Å². The van der Waals surface area contributed by atoms with Crippen molar-refractivity contribution in [3.8, 4) is 0 Å². The van der Waals surface area contributed by atoms with Crippen LogP contribution >= 0.6 is 23.2 Å². The Morgan fingerprint density at radius 1 is 1.17 bits per heavy atom. The Balaban J connectivity index is 1.83. The van der Waals surface area contributed by atoms with E-state index < -0.39 is 0 Å². The molecule has 0 saturated heterocycles. The summed E-state index contributed by atoms with van der Waals surface area (Å²) in [6, 6.07) is 6.02. The van der Waals surface area contributed by atoms with Gasteiger partial charge < -0.3 is 5.32 Å². The van der Waals surface area contributed by atoms with Crippen LogP contribution in [0, 0.1) is 11.8 Å². The molecule has 18 heavy (non-hydrogen) atoms. The van der Waals surface area contributed by atoms with Crippen LogP contribution in [0.25, 0.3) is 0 Å². The summed E-state index contributed by atoms with van der Waals surface area (Å²) in [6.45, 7) is 4.51. The summed E-state index contributed by atoms with van der Waals surface area (Å²) in [5.74, 6) is 1.65. The predicted molar refractivity (Wildman–Crippen MR) is 79.5 cm³/mol. The van der Waals surface area contributed by atoms with E-state index in [0.717, 1.165) is 24.8 Å². The lowest BCUT2D eigenvalue weighted by Gasteiger charge is -2.37. The van der Waals surface area contributed by atoms with Gasteiger partial charge in [-0.05, 0) is 68.3 Å². The van der Waals surface area contributed by atoms with Gasteiger partial charge in [-0.2, -0.15) is 0 Å². The molecule has 1 aliphatic rings. The SMILES string of the molecule is CCCNCC1CCC1Cc1ccc(Cl)c(Cl)c1. The lowest BCUT2D eigenvalue weighted by molar-refractivity contribution is 0.171. The summed E-state index contributed by atoms with van der Waals surface area (Å²) in [7, 11) is 0. The number of hydrogen-bond acceptors (Lipinski definition) is 1. The molecule has 0 heterocycles. The molecule has 2 atom stereocenters. The van der Waals surface area contributed by atoms with Crippen molar-refractivity contribution in [1.29, 1.82) is 0 Å². The maximum Gasteiger partial charge on any atom is 0.0595 e. The number of benzene rings is 1. The Labute approximate surface area is 120 Å². The number of hydrogen-bond donors (Lipinski definition) is 1. The Hall–Kier alpha value is -0.240. The van der Waals surface area contributed by atoms with Crippen molar-refractivity contribution in [3.05, 3.63) is 33.8 Å². The number of nitrogens with one attached hydrogen (secondary N) is 1. The standard InChI is InChI=1S/C15H21Cl2N/c1-2-7-18-10-13-5-4-12(13)8-11-3-6-14(16)15(17)9-11/h3,6,9,12-13,18H,2,4-5,7-8,10H2,1H3. The number of halogens is 2. The zero-order valence-corrected chi connectivity index (χ0v) is 12.4. The Bertz CT molecular complexity index is 392. The lowest BCUT2D eigenvalue weighted by Crippen LogP contribution is -2.36. The zero-order chi connectivity index (χ0) is 13.0. The molecule has 0 bridgehead atoms. The third-order valence-corrected chi connectivity index (χ3v) is 4.63. The van der Waals surface area contributed by atoms with E-state index in [9.17, 15) is 0 Å². The molecule has 1 aromatic carbocycles. The van der Waals surface area contributed by atoms with Crippen molar-refractivity contribution in [2.24, 2.45) is 11.8 Å². The molecule has 0 aromatic heterocycles. The molecule has 1 saturated carbocycles. The molecular formula is C15H21Cl2N. The van der Waals surface area contributed by atoms with E-state index in [1.807, 2.05) is 12.1 Å². The van der Waals surface area contributed by atoms with E-state index in [0.29, 0.717) is 10.0 Å². The topological polar surface area (TPSA) is 12.0 Å². The highest BCUT2D eigenvalue weighted by molar-refractivity contribution is 6.42. The van der Waals surface area contributed by atoms with E-state index in [1.165, 1.54) is 31.4 Å². The normalized spacial score (nSPS) is 22.8. The van der Waals surface area contributed by atoms with Crippen LogP contribution in [0.15, 0.2) is 18.2 Å². The molecule has 2 rings (SSSR count). The van der Waals surface area contributed by atoms with E-state index in [4.69, 9.17) is 23.2 Å². The monoisotopic (exact) mass is 285 g/mol. The fourth-order valence-electron chi connectivity index (χ4n) is 2.61. The summed E-state index contributed by atoms with van der Waals surface area (Å²) in [4.78, 5) is 0. The van der Waals surface area contributed by atoms with Crippen LogP contribution in [0.5, 0.6) is 0 Å². The van der Waals surface area contributed by atoms with Gasteiger partial charge in [0.2, 0.25) is 0 Å². The zero-order valence-electron chi connectivity index (χ0n) is 10.9. The van der Waals surface area contributed by atoms with Crippen LogP contribution in [0.3, 0.4) is 0 Å². The van der Waals surface area contributed by atoms with Gasteiger partial charge in [-0.1, -0.05) is 36.2 Å². The van der Waals surface area contributed by atoms with Gasteiger partial charge in [0.1, 0.15) is 0 Å². The fraction of sp³-hybridized carbons (Fsp3) is 0.600. The van der Waals surface area contributed by atoms with Crippen LogP contribution < -0.4 is 5.32 Å². The highest BCUT2D eigenvalue weighted by atomic mass is 35.5. The maximum atomic E-state index is 6.05. The molecule has 0 radical (unpaired) electrons. The van der Waals surface area contributed by atoms with Gasteiger partial charge in [-0.3, -0.25) is 0 Å². The minimum Gasteiger partial charge on any atom is -0.316 e. The largest absolute Gasteiger partial charge is 0.316 e. The molecule has 0 amide bonds. The quantitative estimate of drug-likeness (QED) is 0.756. The van der Waals surface area contributed by atoms with Crippen molar-refractivity contribution in [3.63, 3.8) is 0 Å². The second-order valence-electron chi connectivity index (χ2n) is 5.25. The third kappa shape index (κ3) is 3.63. The van der Waals surface area contributed by atoms with E-state index in [1.54, 1.807) is 0 Å². The maximum absolute atomic E-state index is 6.05. The second kappa shape index (κ2) is 6.79. The smallest absolute Gasteiger partial charge is 0.0595 e. The average molecular weight is 286 g/mol. The van der Waals surface area contributed by atoms with Crippen LogP contribution in [0.2, 0.25) is 10.0 Å². The second-order valence-corrected chi connectivity index (χ2v) is 6.07. The first-order chi connectivity index (χ1) is 8.70. The molecule has 0 aliphatic heterocycles. The Morgan fingerprint density at radius 3 is 2.56 bits per heavy atom. The van der Waals surface area contributed by atoms with Gasteiger partial charge in [0.05, 0.1) is 10.0 Å².